The second kappa shape index (κ2) is 28.1. The van der Waals surface area contributed by atoms with Crippen molar-refractivity contribution in [2.24, 2.45) is 0 Å². The zero-order valence-corrected chi connectivity index (χ0v) is 46.2. The van der Waals surface area contributed by atoms with Gasteiger partial charge in [-0.3, -0.25) is 0 Å². The number of rotatable bonds is 34. The fourth-order valence-corrected chi connectivity index (χ4v) is 11.1. The number of hydrogen-bond donors (Lipinski definition) is 0. The van der Waals surface area contributed by atoms with E-state index in [2.05, 4.69) is 152 Å². The third-order valence-corrected chi connectivity index (χ3v) is 15.5. The number of para-hydroxylation sites is 1. The molecule has 3 aromatic carbocycles. The molecule has 0 aliphatic heterocycles. The highest BCUT2D eigenvalue weighted by molar-refractivity contribution is 7.43. The highest BCUT2D eigenvalue weighted by Crippen LogP contribution is 2.54. The highest BCUT2D eigenvalue weighted by atomic mass is 31.2. The molecular formula is C61H101O3P. The van der Waals surface area contributed by atoms with Crippen molar-refractivity contribution in [2.75, 3.05) is 0 Å². The molecule has 3 rings (SSSR count). The van der Waals surface area contributed by atoms with Crippen molar-refractivity contribution < 1.29 is 13.6 Å². The van der Waals surface area contributed by atoms with Crippen LogP contribution in [0.1, 0.15) is 277 Å². The quantitative estimate of drug-likeness (QED) is 0.0441. The molecule has 0 unspecified atom stereocenters. The highest BCUT2D eigenvalue weighted by Gasteiger charge is 2.38. The molecule has 3 nitrogen and oxygen atoms in total. The van der Waals surface area contributed by atoms with Crippen LogP contribution in [-0.2, 0) is 28.1 Å². The lowest BCUT2D eigenvalue weighted by Crippen LogP contribution is -2.25. The minimum Gasteiger partial charge on any atom is -0.408 e. The molecule has 0 amide bonds. The van der Waals surface area contributed by atoms with Gasteiger partial charge in [-0.2, -0.15) is 0 Å². The minimum absolute atomic E-state index is 0.108. The third-order valence-electron chi connectivity index (χ3n) is 14.5. The van der Waals surface area contributed by atoms with Crippen molar-refractivity contribution in [3.8, 4) is 17.2 Å². The van der Waals surface area contributed by atoms with Gasteiger partial charge in [0.05, 0.1) is 0 Å². The largest absolute Gasteiger partial charge is 0.530 e. The van der Waals surface area contributed by atoms with Gasteiger partial charge in [-0.1, -0.05) is 259 Å². The monoisotopic (exact) mass is 913 g/mol. The fourth-order valence-electron chi connectivity index (χ4n) is 9.92. The molecule has 0 radical (unpaired) electrons. The summed E-state index contributed by atoms with van der Waals surface area (Å²) in [4.78, 5) is 0. The molecule has 0 spiro atoms. The standard InChI is InChI=1S/C61H101O3P/c1-16-21-26-27-28-29-30-37-50-38-31-32-39-55(50)62-65(63-56-51(58(8,9)40-33-22-17-2)44-48(6)45-52(56)59(10,11)41-34-23-18-3)64-57-53(60(12,13)42-35-24-19-4)46-49(7)47-54(57)61(14,15)43-36-25-20-5/h31-32,38-39,44-47H,16-30,33-37,40-43H2,1-15H3. The van der Waals surface area contributed by atoms with Crippen LogP contribution in [0.25, 0.3) is 0 Å². The molecular weight excluding hydrogens is 812 g/mol. The van der Waals surface area contributed by atoms with Crippen LogP contribution in [0.5, 0.6) is 17.2 Å². The van der Waals surface area contributed by atoms with Crippen LogP contribution >= 0.6 is 8.60 Å². The van der Waals surface area contributed by atoms with Crippen LogP contribution in [0.3, 0.4) is 0 Å². The first kappa shape index (κ1) is 56.8. The van der Waals surface area contributed by atoms with E-state index in [1.807, 2.05) is 0 Å². The maximum absolute atomic E-state index is 7.74. The lowest BCUT2D eigenvalue weighted by Gasteiger charge is -2.36. The smallest absolute Gasteiger partial charge is 0.408 e. The predicted octanol–water partition coefficient (Wildman–Crippen LogP) is 20.8. The van der Waals surface area contributed by atoms with Gasteiger partial charge in [-0.25, -0.2) is 0 Å². The molecule has 0 saturated carbocycles. The van der Waals surface area contributed by atoms with Gasteiger partial charge in [-0.15, -0.1) is 0 Å². The predicted molar refractivity (Wildman–Crippen MR) is 288 cm³/mol. The SMILES string of the molecule is CCCCCCCCCc1ccccc1OP(Oc1c(C(C)(C)CCCCC)cc(C)cc1C(C)(C)CCCCC)Oc1c(C(C)(C)CCCCC)cc(C)cc1C(C)(C)CCCCC. The molecule has 0 aromatic heterocycles. The summed E-state index contributed by atoms with van der Waals surface area (Å²) >= 11 is 0. The zero-order chi connectivity index (χ0) is 48.1. The van der Waals surface area contributed by atoms with E-state index in [1.54, 1.807) is 0 Å². The van der Waals surface area contributed by atoms with E-state index in [0.717, 1.165) is 55.8 Å². The van der Waals surface area contributed by atoms with E-state index in [1.165, 1.54) is 155 Å². The molecule has 0 saturated heterocycles. The minimum atomic E-state index is -1.97. The van der Waals surface area contributed by atoms with E-state index in [-0.39, 0.29) is 21.7 Å². The molecule has 0 aliphatic rings. The Balaban J connectivity index is 2.38. The van der Waals surface area contributed by atoms with Gasteiger partial charge in [-0.05, 0) is 85.7 Å². The number of benzene rings is 3. The van der Waals surface area contributed by atoms with Crippen molar-refractivity contribution >= 4 is 8.60 Å². The number of aryl methyl sites for hydroxylation is 3. The van der Waals surface area contributed by atoms with E-state index in [0.29, 0.717) is 0 Å². The van der Waals surface area contributed by atoms with E-state index in [4.69, 9.17) is 13.6 Å². The van der Waals surface area contributed by atoms with Crippen molar-refractivity contribution in [3.05, 3.63) is 87.5 Å². The van der Waals surface area contributed by atoms with Crippen LogP contribution < -0.4 is 13.6 Å². The average Bonchev–Trinajstić information content (AvgIpc) is 3.24. The Kier molecular flexibility index (Phi) is 24.6. The van der Waals surface area contributed by atoms with Gasteiger partial charge in [0.2, 0.25) is 0 Å². The van der Waals surface area contributed by atoms with E-state index in [9.17, 15) is 0 Å². The molecule has 0 fully saturated rings. The van der Waals surface area contributed by atoms with Crippen LogP contribution in [0, 0.1) is 13.8 Å². The second-order valence-corrected chi connectivity index (χ2v) is 23.7. The van der Waals surface area contributed by atoms with Gasteiger partial charge >= 0.3 is 8.60 Å². The summed E-state index contributed by atoms with van der Waals surface area (Å²) in [7, 11) is -1.97. The molecule has 0 aliphatic carbocycles. The molecule has 3 aromatic rings. The van der Waals surface area contributed by atoms with Crippen molar-refractivity contribution in [2.45, 2.75) is 280 Å². The topological polar surface area (TPSA) is 27.7 Å². The lowest BCUT2D eigenvalue weighted by atomic mass is 9.73. The second-order valence-electron chi connectivity index (χ2n) is 22.7. The van der Waals surface area contributed by atoms with Crippen LogP contribution in [0.2, 0.25) is 0 Å². The van der Waals surface area contributed by atoms with Gasteiger partial charge in [0, 0.05) is 22.3 Å². The molecule has 65 heavy (non-hydrogen) atoms. The Morgan fingerprint density at radius 3 is 1.05 bits per heavy atom. The maximum Gasteiger partial charge on any atom is 0.530 e. The van der Waals surface area contributed by atoms with Gasteiger partial charge < -0.3 is 13.6 Å². The zero-order valence-electron chi connectivity index (χ0n) is 45.3. The van der Waals surface area contributed by atoms with Gasteiger partial charge in [0.25, 0.3) is 0 Å². The Morgan fingerprint density at radius 1 is 0.385 bits per heavy atom. The first-order valence-corrected chi connectivity index (χ1v) is 28.2. The van der Waals surface area contributed by atoms with Crippen LogP contribution in [0.4, 0.5) is 0 Å². The van der Waals surface area contributed by atoms with E-state index < -0.39 is 8.60 Å². The fraction of sp³-hybridized carbons (Fsp3) is 0.705. The van der Waals surface area contributed by atoms with Crippen molar-refractivity contribution in [3.63, 3.8) is 0 Å². The molecule has 0 N–H and O–H groups in total. The van der Waals surface area contributed by atoms with Gasteiger partial charge in [0.1, 0.15) is 17.2 Å². The van der Waals surface area contributed by atoms with Crippen LogP contribution in [-0.4, -0.2) is 0 Å². The number of hydrogen-bond acceptors (Lipinski definition) is 3. The first-order valence-electron chi connectivity index (χ1n) is 27.1. The summed E-state index contributed by atoms with van der Waals surface area (Å²) < 4.78 is 22.9. The molecule has 368 valence electrons. The molecule has 0 heterocycles. The number of unbranched alkanes of at least 4 members (excludes halogenated alkanes) is 14. The Morgan fingerprint density at radius 2 is 0.692 bits per heavy atom. The van der Waals surface area contributed by atoms with Gasteiger partial charge in [0.15, 0.2) is 0 Å². The Labute approximate surface area is 404 Å². The summed E-state index contributed by atoms with van der Waals surface area (Å²) in [6, 6.07) is 18.4. The van der Waals surface area contributed by atoms with Crippen LogP contribution in [0.15, 0.2) is 48.5 Å². The molecule has 0 atom stereocenters. The third kappa shape index (κ3) is 18.2. The molecule has 0 bridgehead atoms. The van der Waals surface area contributed by atoms with E-state index >= 15 is 0 Å². The summed E-state index contributed by atoms with van der Waals surface area (Å²) in [5.74, 6) is 2.85. The average molecular weight is 913 g/mol. The van der Waals surface area contributed by atoms with Crippen molar-refractivity contribution in [1.29, 1.82) is 0 Å². The normalized spacial score (nSPS) is 12.6. The maximum atomic E-state index is 7.74. The summed E-state index contributed by atoms with van der Waals surface area (Å²) in [5, 5.41) is 0. The Bertz CT molecular complexity index is 1610. The first-order chi connectivity index (χ1) is 30.9. The summed E-state index contributed by atoms with van der Waals surface area (Å²) in [5.41, 5.74) is 8.55. The Hall–Kier alpha value is -2.51. The summed E-state index contributed by atoms with van der Waals surface area (Å²) in [6.07, 6.45) is 28.9. The lowest BCUT2D eigenvalue weighted by molar-refractivity contribution is 0.348. The molecule has 4 heteroatoms. The summed E-state index contributed by atoms with van der Waals surface area (Å²) in [6.45, 7) is 35.6. The van der Waals surface area contributed by atoms with Crippen molar-refractivity contribution in [1.82, 2.24) is 0 Å².